The zero-order valence-corrected chi connectivity index (χ0v) is 14.1. The van der Waals surface area contributed by atoms with Gasteiger partial charge in [-0.1, -0.05) is 48.5 Å². The lowest BCUT2D eigenvalue weighted by Crippen LogP contribution is -2.23. The molecule has 0 saturated heterocycles. The lowest BCUT2D eigenvalue weighted by molar-refractivity contribution is -0.385. The van der Waals surface area contributed by atoms with Crippen LogP contribution in [-0.4, -0.2) is 20.4 Å². The van der Waals surface area contributed by atoms with Crippen LogP contribution in [0.2, 0.25) is 0 Å². The van der Waals surface area contributed by atoms with Gasteiger partial charge in [0.15, 0.2) is 0 Å². The third kappa shape index (κ3) is 5.46. The van der Waals surface area contributed by atoms with E-state index in [-0.39, 0.29) is 10.6 Å². The molecule has 2 aromatic rings. The first kappa shape index (κ1) is 18.8. The number of nitrogens with one attached hydrogen (secondary N) is 1. The molecule has 0 saturated carbocycles. The Morgan fingerprint density at radius 3 is 2.00 bits per heavy atom. The number of para-hydroxylation sites is 1. The van der Waals surface area contributed by atoms with Crippen molar-refractivity contribution >= 4 is 15.7 Å². The maximum Gasteiger partial charge on any atom is 0.272 e. The summed E-state index contributed by atoms with van der Waals surface area (Å²) in [6.07, 6.45) is 0. The summed E-state index contributed by atoms with van der Waals surface area (Å²) in [5, 5.41) is 9.73. The summed E-state index contributed by atoms with van der Waals surface area (Å²) in [6, 6.07) is 15.8. The minimum absolute atomic E-state index is 0.183. The van der Waals surface area contributed by atoms with Crippen molar-refractivity contribution in [2.45, 2.75) is 19.1 Å². The van der Waals surface area contributed by atoms with Gasteiger partial charge in [0, 0.05) is 11.6 Å². The van der Waals surface area contributed by atoms with Crippen molar-refractivity contribution < 1.29 is 13.3 Å². The predicted molar refractivity (Wildman–Crippen MR) is 90.7 cm³/mol. The lowest BCUT2D eigenvalue weighted by Gasteiger charge is -2.11. The van der Waals surface area contributed by atoms with Crippen molar-refractivity contribution in [1.82, 2.24) is 4.72 Å². The Kier molecular flexibility index (Phi) is 6.87. The Morgan fingerprint density at radius 1 is 1.04 bits per heavy atom. The quantitative estimate of drug-likeness (QED) is 0.686. The molecule has 2 rings (SSSR count). The molecule has 1 atom stereocenters. The first-order valence-electron chi connectivity index (χ1n) is 6.97. The molecule has 7 heteroatoms. The number of nitro groups is 1. The minimum atomic E-state index is -3.20. The topological polar surface area (TPSA) is 89.3 Å². The summed E-state index contributed by atoms with van der Waals surface area (Å²) in [5.41, 5.74) is 1.69. The van der Waals surface area contributed by atoms with Gasteiger partial charge in [0.1, 0.15) is 0 Å². The van der Waals surface area contributed by atoms with Crippen LogP contribution in [0.25, 0.3) is 0 Å². The maximum absolute atomic E-state index is 11.4. The number of nitro benzene ring substituents is 1. The summed E-state index contributed by atoms with van der Waals surface area (Å²) in [7, 11) is -1.78. The fraction of sp³-hybridized carbons (Fsp3) is 0.250. The van der Waals surface area contributed by atoms with Crippen molar-refractivity contribution in [2.24, 2.45) is 0 Å². The van der Waals surface area contributed by atoms with Crippen molar-refractivity contribution in [2.75, 3.05) is 7.05 Å². The second kappa shape index (κ2) is 8.40. The molecule has 0 amide bonds. The third-order valence-electron chi connectivity index (χ3n) is 3.33. The fourth-order valence-electron chi connectivity index (χ4n) is 1.85. The maximum atomic E-state index is 11.4. The fourth-order valence-corrected chi connectivity index (χ4v) is 2.72. The van der Waals surface area contributed by atoms with Gasteiger partial charge in [-0.15, -0.1) is 0 Å². The highest BCUT2D eigenvalue weighted by Crippen LogP contribution is 2.19. The van der Waals surface area contributed by atoms with Crippen molar-refractivity contribution in [3.63, 3.8) is 0 Å². The van der Waals surface area contributed by atoms with Gasteiger partial charge < -0.3 is 0 Å². The van der Waals surface area contributed by atoms with E-state index in [4.69, 9.17) is 0 Å². The molecular formula is C16H20N2O4S. The van der Waals surface area contributed by atoms with E-state index in [9.17, 15) is 18.5 Å². The Bertz CT molecular complexity index is 746. The number of aryl methyl sites for hydroxylation is 1. The highest BCUT2D eigenvalue weighted by atomic mass is 32.2. The molecule has 23 heavy (non-hydrogen) atoms. The van der Waals surface area contributed by atoms with Gasteiger partial charge in [0.05, 0.1) is 10.2 Å². The van der Waals surface area contributed by atoms with Crippen LogP contribution in [0.4, 0.5) is 5.69 Å². The smallest absolute Gasteiger partial charge is 0.258 e. The molecule has 0 fully saturated rings. The largest absolute Gasteiger partial charge is 0.272 e. The van der Waals surface area contributed by atoms with Gasteiger partial charge in [-0.25, -0.2) is 13.1 Å². The summed E-state index contributed by atoms with van der Waals surface area (Å²) in [4.78, 5) is 9.85. The molecule has 0 aromatic heterocycles. The van der Waals surface area contributed by atoms with Crippen LogP contribution in [0.1, 0.15) is 23.3 Å². The van der Waals surface area contributed by atoms with E-state index in [0.29, 0.717) is 5.56 Å². The Hall–Kier alpha value is -2.25. The van der Waals surface area contributed by atoms with Gasteiger partial charge in [0.25, 0.3) is 5.69 Å². The van der Waals surface area contributed by atoms with Gasteiger partial charge in [-0.2, -0.15) is 0 Å². The van der Waals surface area contributed by atoms with Crippen molar-refractivity contribution in [3.05, 3.63) is 75.8 Å². The average molecular weight is 336 g/mol. The minimum Gasteiger partial charge on any atom is -0.258 e. The van der Waals surface area contributed by atoms with Crippen LogP contribution in [0.3, 0.4) is 0 Å². The molecule has 0 aliphatic heterocycles. The number of rotatable bonds is 4. The molecular weight excluding hydrogens is 316 g/mol. The van der Waals surface area contributed by atoms with Crippen LogP contribution >= 0.6 is 0 Å². The molecule has 1 unspecified atom stereocenters. The highest BCUT2D eigenvalue weighted by Gasteiger charge is 2.19. The molecule has 0 aliphatic rings. The summed E-state index contributed by atoms with van der Waals surface area (Å²) in [5.74, 6) is 0. The van der Waals surface area contributed by atoms with E-state index in [1.165, 1.54) is 13.1 Å². The van der Waals surface area contributed by atoms with Crippen LogP contribution in [0.5, 0.6) is 0 Å². The molecule has 0 bridgehead atoms. The van der Waals surface area contributed by atoms with E-state index < -0.39 is 15.3 Å². The predicted octanol–water partition coefficient (Wildman–Crippen LogP) is 3.20. The number of hydrogen-bond acceptors (Lipinski definition) is 4. The van der Waals surface area contributed by atoms with Gasteiger partial charge in [0.2, 0.25) is 10.0 Å². The highest BCUT2D eigenvalue weighted by molar-refractivity contribution is 7.89. The van der Waals surface area contributed by atoms with Gasteiger partial charge >= 0.3 is 0 Å². The number of nitrogens with zero attached hydrogens (tertiary/aromatic N) is 1. The zero-order chi connectivity index (χ0) is 17.5. The standard InChI is InChI=1S/C9H13NO2S.C7H7NO2/c1-8(13(11,12)10-2)9-6-4-3-5-7-9;1-6-4-2-3-5-7(6)8(9)10/h3-8,10H,1-2H3;2-5H,1H3. The lowest BCUT2D eigenvalue weighted by atomic mass is 10.2. The normalized spacial score (nSPS) is 12.0. The molecule has 0 aliphatic carbocycles. The Morgan fingerprint density at radius 2 is 1.57 bits per heavy atom. The number of sulfonamides is 1. The van der Waals surface area contributed by atoms with E-state index in [1.54, 1.807) is 44.2 Å². The van der Waals surface area contributed by atoms with E-state index in [1.807, 2.05) is 18.2 Å². The Labute approximate surface area is 136 Å². The molecule has 0 spiro atoms. The zero-order valence-electron chi connectivity index (χ0n) is 13.3. The second-order valence-electron chi connectivity index (χ2n) is 4.85. The van der Waals surface area contributed by atoms with Crippen LogP contribution < -0.4 is 4.72 Å². The summed E-state index contributed by atoms with van der Waals surface area (Å²) >= 11 is 0. The van der Waals surface area contributed by atoms with Crippen LogP contribution in [0.15, 0.2) is 54.6 Å². The first-order valence-corrected chi connectivity index (χ1v) is 8.51. The van der Waals surface area contributed by atoms with E-state index in [0.717, 1.165) is 5.56 Å². The molecule has 2 aromatic carbocycles. The SMILES string of the molecule is CNS(=O)(=O)C(C)c1ccccc1.Cc1ccccc1[N+](=O)[O-]. The molecule has 0 radical (unpaired) electrons. The molecule has 124 valence electrons. The molecule has 1 N–H and O–H groups in total. The van der Waals surface area contributed by atoms with Crippen LogP contribution in [0, 0.1) is 17.0 Å². The first-order chi connectivity index (χ1) is 10.8. The summed E-state index contributed by atoms with van der Waals surface area (Å²) < 4.78 is 25.1. The number of benzene rings is 2. The van der Waals surface area contributed by atoms with Gasteiger partial charge in [-0.05, 0) is 26.5 Å². The Balaban J connectivity index is 0.000000238. The molecule has 0 heterocycles. The van der Waals surface area contributed by atoms with E-state index in [2.05, 4.69) is 4.72 Å². The van der Waals surface area contributed by atoms with Crippen LogP contribution in [-0.2, 0) is 10.0 Å². The summed E-state index contributed by atoms with van der Waals surface area (Å²) in [6.45, 7) is 3.39. The molecule has 6 nitrogen and oxygen atoms in total. The second-order valence-corrected chi connectivity index (χ2v) is 7.05. The third-order valence-corrected chi connectivity index (χ3v) is 5.10. The van der Waals surface area contributed by atoms with Crippen molar-refractivity contribution in [1.29, 1.82) is 0 Å². The van der Waals surface area contributed by atoms with Gasteiger partial charge in [-0.3, -0.25) is 10.1 Å². The average Bonchev–Trinajstić information content (AvgIpc) is 2.55. The monoisotopic (exact) mass is 336 g/mol. The number of hydrogen-bond donors (Lipinski definition) is 1. The van der Waals surface area contributed by atoms with Crippen molar-refractivity contribution in [3.8, 4) is 0 Å². The van der Waals surface area contributed by atoms with E-state index >= 15 is 0 Å².